The zero-order valence-corrected chi connectivity index (χ0v) is 13.4. The molecule has 0 saturated carbocycles. The number of pyridine rings is 1. The van der Waals surface area contributed by atoms with Crippen molar-refractivity contribution in [2.24, 2.45) is 5.92 Å². The Morgan fingerprint density at radius 3 is 2.83 bits per heavy atom. The van der Waals surface area contributed by atoms with Crippen molar-refractivity contribution in [3.8, 4) is 0 Å². The molecular formula is C16H19F3N4O. The summed E-state index contributed by atoms with van der Waals surface area (Å²) < 4.78 is 38.2. The number of rotatable bonds is 3. The Bertz CT molecular complexity index is 741. The molecule has 8 heteroatoms. The van der Waals surface area contributed by atoms with Crippen molar-refractivity contribution in [2.45, 2.75) is 45.5 Å². The van der Waals surface area contributed by atoms with Crippen LogP contribution in [-0.2, 0) is 19.1 Å². The van der Waals surface area contributed by atoms with Gasteiger partial charge in [0.05, 0.1) is 30.2 Å². The molecule has 0 saturated heterocycles. The molecule has 5 nitrogen and oxygen atoms in total. The van der Waals surface area contributed by atoms with E-state index in [2.05, 4.69) is 27.4 Å². The lowest BCUT2D eigenvalue weighted by atomic mass is 9.86. The van der Waals surface area contributed by atoms with Crippen LogP contribution in [0.25, 0.3) is 0 Å². The number of hydrogen-bond donors (Lipinski definition) is 3. The minimum atomic E-state index is -4.47. The quantitative estimate of drug-likeness (QED) is 0.801. The molecule has 2 atom stereocenters. The highest BCUT2D eigenvalue weighted by atomic mass is 19.4. The van der Waals surface area contributed by atoms with E-state index in [4.69, 9.17) is 0 Å². The van der Waals surface area contributed by atoms with Gasteiger partial charge in [0.15, 0.2) is 5.69 Å². The number of aliphatic hydroxyl groups is 1. The summed E-state index contributed by atoms with van der Waals surface area (Å²) in [6.45, 7) is 3.63. The Kier molecular flexibility index (Phi) is 4.25. The zero-order valence-electron chi connectivity index (χ0n) is 13.4. The van der Waals surface area contributed by atoms with E-state index in [1.54, 1.807) is 6.20 Å². The van der Waals surface area contributed by atoms with Gasteiger partial charge in [-0.05, 0) is 31.7 Å². The second-order valence-corrected chi connectivity index (χ2v) is 6.35. The van der Waals surface area contributed by atoms with Crippen LogP contribution in [0.4, 0.5) is 18.9 Å². The molecule has 0 aliphatic heterocycles. The highest BCUT2D eigenvalue weighted by Crippen LogP contribution is 2.34. The van der Waals surface area contributed by atoms with Gasteiger partial charge in [-0.15, -0.1) is 0 Å². The summed E-state index contributed by atoms with van der Waals surface area (Å²) in [5.74, 6) is 0.382. The van der Waals surface area contributed by atoms with Crippen molar-refractivity contribution in [1.29, 1.82) is 0 Å². The van der Waals surface area contributed by atoms with Gasteiger partial charge < -0.3 is 10.4 Å². The smallest absolute Gasteiger partial charge is 0.388 e. The van der Waals surface area contributed by atoms with Gasteiger partial charge in [-0.25, -0.2) is 0 Å². The van der Waals surface area contributed by atoms with Crippen LogP contribution in [0.5, 0.6) is 0 Å². The minimum absolute atomic E-state index is 0.0785. The fourth-order valence-electron chi connectivity index (χ4n) is 3.06. The maximum atomic E-state index is 12.7. The number of nitrogens with zero attached hydrogens (tertiary/aromatic N) is 2. The number of fused-ring (bicyclic) bond motifs is 1. The van der Waals surface area contributed by atoms with Gasteiger partial charge in [-0.3, -0.25) is 10.1 Å². The fourth-order valence-corrected chi connectivity index (χ4v) is 3.06. The number of aromatic nitrogens is 3. The SMILES string of the molecule is Cc1c(C(F)(F)F)n[nH]c1CNc1cnc2c(c1)C(O)CC(C)C2. The van der Waals surface area contributed by atoms with Gasteiger partial charge in [0.25, 0.3) is 0 Å². The molecule has 2 aromatic heterocycles. The van der Waals surface area contributed by atoms with Gasteiger partial charge in [-0.2, -0.15) is 18.3 Å². The average Bonchev–Trinajstić information content (AvgIpc) is 2.86. The van der Waals surface area contributed by atoms with Crippen molar-refractivity contribution in [2.75, 3.05) is 5.32 Å². The van der Waals surface area contributed by atoms with Crippen LogP contribution in [0, 0.1) is 12.8 Å². The molecule has 2 heterocycles. The molecule has 0 radical (unpaired) electrons. The third-order valence-electron chi connectivity index (χ3n) is 4.38. The zero-order chi connectivity index (χ0) is 17.5. The van der Waals surface area contributed by atoms with Gasteiger partial charge in [0.2, 0.25) is 0 Å². The molecule has 0 bridgehead atoms. The third-order valence-corrected chi connectivity index (χ3v) is 4.38. The molecule has 3 rings (SSSR count). The molecule has 0 spiro atoms. The number of anilines is 1. The summed E-state index contributed by atoms with van der Waals surface area (Å²) in [7, 11) is 0. The topological polar surface area (TPSA) is 73.8 Å². The van der Waals surface area contributed by atoms with Gasteiger partial charge in [-0.1, -0.05) is 6.92 Å². The first-order valence-corrected chi connectivity index (χ1v) is 7.77. The second-order valence-electron chi connectivity index (χ2n) is 6.35. The number of H-pyrrole nitrogens is 1. The Morgan fingerprint density at radius 1 is 1.42 bits per heavy atom. The second kappa shape index (κ2) is 6.08. The first-order chi connectivity index (χ1) is 11.3. The Balaban J connectivity index is 1.74. The van der Waals surface area contributed by atoms with E-state index in [1.165, 1.54) is 6.92 Å². The first-order valence-electron chi connectivity index (χ1n) is 7.77. The average molecular weight is 340 g/mol. The van der Waals surface area contributed by atoms with Crippen LogP contribution in [0.3, 0.4) is 0 Å². The van der Waals surface area contributed by atoms with E-state index < -0.39 is 18.0 Å². The van der Waals surface area contributed by atoms with Crippen LogP contribution in [-0.4, -0.2) is 20.3 Å². The molecule has 1 aliphatic rings. The maximum Gasteiger partial charge on any atom is 0.435 e. The van der Waals surface area contributed by atoms with Crippen LogP contribution in [0.1, 0.15) is 47.7 Å². The number of nitrogens with one attached hydrogen (secondary N) is 2. The molecule has 0 aromatic carbocycles. The molecule has 0 fully saturated rings. The highest BCUT2D eigenvalue weighted by Gasteiger charge is 2.36. The number of halogens is 3. The summed E-state index contributed by atoms with van der Waals surface area (Å²) in [5.41, 5.74) is 1.88. The molecular weight excluding hydrogens is 321 g/mol. The van der Waals surface area contributed by atoms with Crippen molar-refractivity contribution >= 4 is 5.69 Å². The summed E-state index contributed by atoms with van der Waals surface area (Å²) in [6.07, 6.45) is -1.87. The molecule has 3 N–H and O–H groups in total. The fraction of sp³-hybridized carbons (Fsp3) is 0.500. The third kappa shape index (κ3) is 3.24. The molecule has 2 aromatic rings. The molecule has 0 amide bonds. The summed E-state index contributed by atoms with van der Waals surface area (Å²) >= 11 is 0. The number of alkyl halides is 3. The Hall–Kier alpha value is -2.09. The monoisotopic (exact) mass is 340 g/mol. The Labute approximate surface area is 137 Å². The van der Waals surface area contributed by atoms with E-state index in [1.807, 2.05) is 6.07 Å². The predicted octanol–water partition coefficient (Wildman–Crippen LogP) is 3.36. The maximum absolute atomic E-state index is 12.7. The van der Waals surface area contributed by atoms with Crippen molar-refractivity contribution in [3.63, 3.8) is 0 Å². The van der Waals surface area contributed by atoms with Crippen LogP contribution < -0.4 is 5.32 Å². The lowest BCUT2D eigenvalue weighted by Gasteiger charge is -2.25. The number of aliphatic hydroxyl groups excluding tert-OH is 1. The Morgan fingerprint density at radius 2 is 2.17 bits per heavy atom. The van der Waals surface area contributed by atoms with Gasteiger partial charge >= 0.3 is 6.18 Å². The van der Waals surface area contributed by atoms with Crippen LogP contribution in [0.15, 0.2) is 12.3 Å². The van der Waals surface area contributed by atoms with E-state index in [9.17, 15) is 18.3 Å². The van der Waals surface area contributed by atoms with E-state index in [-0.39, 0.29) is 12.1 Å². The number of hydrogen-bond acceptors (Lipinski definition) is 4. The van der Waals surface area contributed by atoms with Gasteiger partial charge in [0.1, 0.15) is 0 Å². The summed E-state index contributed by atoms with van der Waals surface area (Å²) in [6, 6.07) is 1.81. The van der Waals surface area contributed by atoms with Crippen molar-refractivity contribution in [1.82, 2.24) is 15.2 Å². The van der Waals surface area contributed by atoms with Crippen molar-refractivity contribution < 1.29 is 18.3 Å². The highest BCUT2D eigenvalue weighted by molar-refractivity contribution is 5.47. The van der Waals surface area contributed by atoms with Crippen LogP contribution in [0.2, 0.25) is 0 Å². The molecule has 1 aliphatic carbocycles. The first kappa shape index (κ1) is 16.8. The van der Waals surface area contributed by atoms with Gasteiger partial charge in [0, 0.05) is 16.8 Å². The van der Waals surface area contributed by atoms with E-state index in [0.717, 1.165) is 17.7 Å². The lowest BCUT2D eigenvalue weighted by Crippen LogP contribution is -2.18. The summed E-state index contributed by atoms with van der Waals surface area (Å²) in [5, 5.41) is 19.0. The predicted molar refractivity (Wildman–Crippen MR) is 82.3 cm³/mol. The van der Waals surface area contributed by atoms with E-state index >= 15 is 0 Å². The van der Waals surface area contributed by atoms with Crippen LogP contribution >= 0.6 is 0 Å². The molecule has 24 heavy (non-hydrogen) atoms. The lowest BCUT2D eigenvalue weighted by molar-refractivity contribution is -0.141. The minimum Gasteiger partial charge on any atom is -0.388 e. The normalized spacial score (nSPS) is 20.8. The summed E-state index contributed by atoms with van der Waals surface area (Å²) in [4.78, 5) is 4.37. The largest absolute Gasteiger partial charge is 0.435 e. The molecule has 130 valence electrons. The van der Waals surface area contributed by atoms with Crippen molar-refractivity contribution in [3.05, 3.63) is 40.5 Å². The molecule has 2 unspecified atom stereocenters. The number of aromatic amines is 1. The standard InChI is InChI=1S/C16H19F3N4O/c1-8-3-12-11(14(24)4-8)5-10(6-21-12)20-7-13-9(2)15(23-22-13)16(17,18)19/h5-6,8,14,20,24H,3-4,7H2,1-2H3,(H,22,23). The van der Waals surface area contributed by atoms with E-state index in [0.29, 0.717) is 23.7 Å².